The number of ether oxygens (including phenoxy) is 2. The zero-order chi connectivity index (χ0) is 25.9. The second kappa shape index (κ2) is 10.8. The van der Waals surface area contributed by atoms with Gasteiger partial charge in [0.25, 0.3) is 0 Å². The first-order valence-corrected chi connectivity index (χ1v) is 11.1. The van der Waals surface area contributed by atoms with Gasteiger partial charge in [0.2, 0.25) is 0 Å². The molecule has 192 valence electrons. The van der Waals surface area contributed by atoms with Crippen molar-refractivity contribution in [2.24, 2.45) is 0 Å². The first kappa shape index (κ1) is 25.9. The van der Waals surface area contributed by atoms with E-state index in [-0.39, 0.29) is 30.8 Å². The Morgan fingerprint density at radius 1 is 1.06 bits per heavy atom. The van der Waals surface area contributed by atoms with E-state index >= 15 is 0 Å². The molecule has 0 amide bonds. The summed E-state index contributed by atoms with van der Waals surface area (Å²) in [6.07, 6.45) is -7.92. The van der Waals surface area contributed by atoms with Crippen molar-refractivity contribution in [1.29, 1.82) is 0 Å². The van der Waals surface area contributed by atoms with Gasteiger partial charge in [-0.1, -0.05) is 35.5 Å². The van der Waals surface area contributed by atoms with E-state index in [1.165, 1.54) is 22.9 Å². The van der Waals surface area contributed by atoms with Crippen LogP contribution in [0, 0.1) is 0 Å². The largest absolute Gasteiger partial charge is 0.416 e. The van der Waals surface area contributed by atoms with Gasteiger partial charge in [-0.3, -0.25) is 4.79 Å². The Hall–Kier alpha value is -3.16. The molecule has 4 atom stereocenters. The Morgan fingerprint density at radius 2 is 1.78 bits per heavy atom. The molecule has 1 aliphatic rings. The highest BCUT2D eigenvalue weighted by Gasteiger charge is 2.43. The van der Waals surface area contributed by atoms with E-state index in [1.54, 1.807) is 30.5 Å². The van der Waals surface area contributed by atoms with Crippen LogP contribution in [0.1, 0.15) is 22.4 Å². The van der Waals surface area contributed by atoms with Gasteiger partial charge in [-0.2, -0.15) is 13.2 Å². The number of rotatable bonds is 9. The summed E-state index contributed by atoms with van der Waals surface area (Å²) >= 11 is 0. The lowest BCUT2D eigenvalue weighted by molar-refractivity contribution is -0.176. The van der Waals surface area contributed by atoms with Crippen LogP contribution in [0.15, 0.2) is 54.7 Å². The van der Waals surface area contributed by atoms with Gasteiger partial charge >= 0.3 is 6.18 Å². The number of ketones is 1. The molecule has 1 aromatic heterocycles. The number of halogens is 3. The number of carbonyl (C=O) groups excluding carboxylic acids is 1. The Morgan fingerprint density at radius 3 is 2.44 bits per heavy atom. The van der Waals surface area contributed by atoms with Gasteiger partial charge in [0, 0.05) is 12.8 Å². The van der Waals surface area contributed by atoms with Crippen LogP contribution in [0.3, 0.4) is 0 Å². The highest BCUT2D eigenvalue weighted by atomic mass is 19.4. The number of aliphatic hydroxyl groups is 3. The number of Topliss-reactive ketones (excluding diaryl/α,β-unsaturated/α-hetero) is 1. The average molecular weight is 507 g/mol. The number of benzene rings is 2. The molecule has 1 saturated heterocycles. The predicted octanol–water partition coefficient (Wildman–Crippen LogP) is 1.60. The highest BCUT2D eigenvalue weighted by Crippen LogP contribution is 2.32. The van der Waals surface area contributed by atoms with Crippen molar-refractivity contribution in [2.75, 3.05) is 6.61 Å². The Bertz CT molecular complexity index is 1180. The Labute approximate surface area is 203 Å². The van der Waals surface area contributed by atoms with E-state index in [0.717, 1.165) is 6.07 Å². The van der Waals surface area contributed by atoms with E-state index in [0.29, 0.717) is 16.9 Å². The van der Waals surface area contributed by atoms with Crippen molar-refractivity contribution in [3.05, 3.63) is 77.1 Å². The number of hydrogen-bond acceptors (Lipinski definition) is 8. The fourth-order valence-corrected chi connectivity index (χ4v) is 3.88. The normalized spacial score (nSPS) is 22.2. The van der Waals surface area contributed by atoms with Gasteiger partial charge in [-0.15, -0.1) is 5.10 Å². The molecule has 0 spiro atoms. The molecule has 12 heteroatoms. The number of carbonyl (C=O) groups is 1. The van der Waals surface area contributed by atoms with Crippen LogP contribution in [0.25, 0.3) is 5.69 Å². The molecule has 4 rings (SSSR count). The summed E-state index contributed by atoms with van der Waals surface area (Å²) in [6.45, 7) is -0.532. The SMILES string of the molecule is O=C(Cc1ccc(-n2cc(COC3OC(CO)C(O)C3O)nn2)cc1)Cc1ccccc1C(F)(F)F. The molecular formula is C24H24F3N3O6. The lowest BCUT2D eigenvalue weighted by Gasteiger charge is -2.14. The second-order valence-electron chi connectivity index (χ2n) is 8.39. The molecule has 0 radical (unpaired) electrons. The van der Waals surface area contributed by atoms with Crippen molar-refractivity contribution in [3.63, 3.8) is 0 Å². The zero-order valence-electron chi connectivity index (χ0n) is 18.9. The number of hydrogen-bond donors (Lipinski definition) is 3. The molecule has 2 heterocycles. The van der Waals surface area contributed by atoms with Gasteiger partial charge in [0.15, 0.2) is 6.29 Å². The molecule has 0 saturated carbocycles. The summed E-state index contributed by atoms with van der Waals surface area (Å²) in [5.41, 5.74) is 0.816. The van der Waals surface area contributed by atoms with Crippen molar-refractivity contribution in [1.82, 2.24) is 15.0 Å². The van der Waals surface area contributed by atoms with E-state index in [9.17, 15) is 28.2 Å². The summed E-state index contributed by atoms with van der Waals surface area (Å²) < 4.78 is 51.6. The molecule has 1 fully saturated rings. The van der Waals surface area contributed by atoms with Crippen LogP contribution < -0.4 is 0 Å². The van der Waals surface area contributed by atoms with Crippen LogP contribution >= 0.6 is 0 Å². The standard InChI is InChI=1S/C24H24F3N3O6/c25-24(26,27)19-4-2-1-3-15(19)10-18(32)9-14-5-7-17(8-6-14)30-11-16(28-29-30)13-35-23-22(34)21(33)20(12-31)36-23/h1-8,11,20-23,31,33-34H,9-10,12-13H2. The average Bonchev–Trinajstić information content (AvgIpc) is 3.42. The van der Waals surface area contributed by atoms with Gasteiger partial charge < -0.3 is 24.8 Å². The fourth-order valence-electron chi connectivity index (χ4n) is 3.88. The topological polar surface area (TPSA) is 127 Å². The first-order valence-electron chi connectivity index (χ1n) is 11.1. The van der Waals surface area contributed by atoms with E-state index in [4.69, 9.17) is 14.6 Å². The molecular weight excluding hydrogens is 483 g/mol. The molecule has 0 bridgehead atoms. The summed E-state index contributed by atoms with van der Waals surface area (Å²) in [5, 5.41) is 36.8. The van der Waals surface area contributed by atoms with E-state index < -0.39 is 42.9 Å². The van der Waals surface area contributed by atoms with Gasteiger partial charge in [-0.05, 0) is 29.3 Å². The second-order valence-corrected chi connectivity index (χ2v) is 8.39. The zero-order valence-corrected chi connectivity index (χ0v) is 18.9. The molecule has 3 aromatic rings. The fraction of sp³-hybridized carbons (Fsp3) is 0.375. The minimum Gasteiger partial charge on any atom is -0.394 e. The number of nitrogens with zero attached hydrogens (tertiary/aromatic N) is 3. The van der Waals surface area contributed by atoms with Crippen molar-refractivity contribution in [2.45, 2.75) is 50.2 Å². The van der Waals surface area contributed by atoms with Gasteiger partial charge in [-0.25, -0.2) is 4.68 Å². The predicted molar refractivity (Wildman–Crippen MR) is 118 cm³/mol. The molecule has 0 aliphatic carbocycles. The molecule has 2 aromatic carbocycles. The maximum absolute atomic E-state index is 13.2. The molecule has 4 unspecified atom stereocenters. The third-order valence-electron chi connectivity index (χ3n) is 5.75. The lowest BCUT2D eigenvalue weighted by atomic mass is 9.98. The summed E-state index contributed by atoms with van der Waals surface area (Å²) in [7, 11) is 0. The van der Waals surface area contributed by atoms with Crippen LogP contribution in [0.2, 0.25) is 0 Å². The van der Waals surface area contributed by atoms with Crippen LogP contribution in [-0.4, -0.2) is 67.3 Å². The number of aromatic nitrogens is 3. The van der Waals surface area contributed by atoms with Crippen molar-refractivity contribution >= 4 is 5.78 Å². The van der Waals surface area contributed by atoms with E-state index in [2.05, 4.69) is 10.3 Å². The third kappa shape index (κ3) is 5.97. The molecule has 36 heavy (non-hydrogen) atoms. The minimum absolute atomic E-state index is 0.0205. The monoisotopic (exact) mass is 507 g/mol. The summed E-state index contributed by atoms with van der Waals surface area (Å²) in [6, 6.07) is 11.8. The maximum Gasteiger partial charge on any atom is 0.416 e. The third-order valence-corrected chi connectivity index (χ3v) is 5.75. The minimum atomic E-state index is -4.52. The number of aliphatic hydroxyl groups excluding tert-OH is 3. The quantitative estimate of drug-likeness (QED) is 0.399. The Kier molecular flexibility index (Phi) is 7.81. The van der Waals surface area contributed by atoms with Crippen LogP contribution in [0.5, 0.6) is 0 Å². The van der Waals surface area contributed by atoms with Crippen molar-refractivity contribution in [3.8, 4) is 5.69 Å². The smallest absolute Gasteiger partial charge is 0.394 e. The highest BCUT2D eigenvalue weighted by molar-refractivity contribution is 5.83. The van der Waals surface area contributed by atoms with Crippen LogP contribution in [0.4, 0.5) is 13.2 Å². The Balaban J connectivity index is 1.33. The van der Waals surface area contributed by atoms with Crippen molar-refractivity contribution < 1.29 is 42.8 Å². The lowest BCUT2D eigenvalue weighted by Crippen LogP contribution is -2.34. The summed E-state index contributed by atoms with van der Waals surface area (Å²) in [4.78, 5) is 12.4. The summed E-state index contributed by atoms with van der Waals surface area (Å²) in [5.74, 6) is -0.343. The number of alkyl halides is 3. The first-order chi connectivity index (χ1) is 17.2. The maximum atomic E-state index is 13.2. The van der Waals surface area contributed by atoms with Gasteiger partial charge in [0.05, 0.1) is 30.7 Å². The van der Waals surface area contributed by atoms with E-state index in [1.807, 2.05) is 0 Å². The van der Waals surface area contributed by atoms with Crippen LogP contribution in [-0.2, 0) is 39.9 Å². The van der Waals surface area contributed by atoms with Gasteiger partial charge in [0.1, 0.15) is 29.8 Å². The molecule has 3 N–H and O–H groups in total. The molecule has 9 nitrogen and oxygen atoms in total. The molecule has 1 aliphatic heterocycles.